The molecule has 0 amide bonds. The number of methoxy groups -OCH3 is 1. The molecule has 0 radical (unpaired) electrons. The van der Waals surface area contributed by atoms with Crippen molar-refractivity contribution in [1.82, 2.24) is 5.01 Å². The monoisotopic (exact) mass is 208 g/mol. The second-order valence-corrected chi connectivity index (χ2v) is 3.95. The Bertz CT molecular complexity index is 366. The minimum absolute atomic E-state index is 0.0351. The lowest BCUT2D eigenvalue weighted by Gasteiger charge is -2.22. The van der Waals surface area contributed by atoms with Crippen molar-refractivity contribution in [1.29, 1.82) is 0 Å². The molecule has 4 nitrogen and oxygen atoms in total. The van der Waals surface area contributed by atoms with Crippen LogP contribution in [-0.4, -0.2) is 30.3 Å². The first kappa shape index (κ1) is 10.4. The molecular formula is C11H16N2O2. The van der Waals surface area contributed by atoms with Crippen molar-refractivity contribution >= 4 is 0 Å². The van der Waals surface area contributed by atoms with Crippen LogP contribution in [0.3, 0.4) is 0 Å². The summed E-state index contributed by atoms with van der Waals surface area (Å²) < 4.78 is 5.13. The SMILES string of the molecule is COc1ccc2c(c1)C(O)C(N(C)N)C2. The fourth-order valence-electron chi connectivity index (χ4n) is 2.07. The third-order valence-electron chi connectivity index (χ3n) is 2.99. The molecule has 4 heteroatoms. The van der Waals surface area contributed by atoms with Gasteiger partial charge in [-0.3, -0.25) is 5.84 Å². The number of aliphatic hydroxyl groups is 1. The molecule has 0 aromatic heterocycles. The number of fused-ring (bicyclic) bond motifs is 1. The largest absolute Gasteiger partial charge is 0.497 e. The Balaban J connectivity index is 2.33. The number of nitrogens with two attached hydrogens (primary N) is 1. The molecule has 2 rings (SSSR count). The Morgan fingerprint density at radius 2 is 2.27 bits per heavy atom. The Labute approximate surface area is 89.2 Å². The van der Waals surface area contributed by atoms with Crippen LogP contribution in [-0.2, 0) is 6.42 Å². The van der Waals surface area contributed by atoms with Gasteiger partial charge < -0.3 is 9.84 Å². The Hall–Kier alpha value is -1.10. The summed E-state index contributed by atoms with van der Waals surface area (Å²) in [5.74, 6) is 6.45. The van der Waals surface area contributed by atoms with E-state index in [1.54, 1.807) is 19.2 Å². The number of benzene rings is 1. The second-order valence-electron chi connectivity index (χ2n) is 3.95. The zero-order valence-corrected chi connectivity index (χ0v) is 8.97. The minimum atomic E-state index is -0.523. The molecule has 0 aliphatic heterocycles. The third kappa shape index (κ3) is 1.71. The summed E-state index contributed by atoms with van der Waals surface area (Å²) in [5.41, 5.74) is 2.07. The van der Waals surface area contributed by atoms with Gasteiger partial charge in [-0.05, 0) is 29.7 Å². The highest BCUT2D eigenvalue weighted by atomic mass is 16.5. The van der Waals surface area contributed by atoms with E-state index in [1.165, 1.54) is 0 Å². The van der Waals surface area contributed by atoms with Crippen LogP contribution in [0.1, 0.15) is 17.2 Å². The molecule has 2 unspecified atom stereocenters. The highest BCUT2D eigenvalue weighted by molar-refractivity contribution is 5.41. The van der Waals surface area contributed by atoms with Gasteiger partial charge in [0.25, 0.3) is 0 Å². The van der Waals surface area contributed by atoms with Crippen molar-refractivity contribution in [3.8, 4) is 5.75 Å². The third-order valence-corrected chi connectivity index (χ3v) is 2.99. The van der Waals surface area contributed by atoms with Gasteiger partial charge in [0.1, 0.15) is 5.75 Å². The van der Waals surface area contributed by atoms with Crippen molar-refractivity contribution in [2.45, 2.75) is 18.6 Å². The average Bonchev–Trinajstić information content (AvgIpc) is 2.56. The van der Waals surface area contributed by atoms with Crippen molar-refractivity contribution in [3.63, 3.8) is 0 Å². The Morgan fingerprint density at radius 3 is 2.87 bits per heavy atom. The lowest BCUT2D eigenvalue weighted by atomic mass is 10.1. The molecule has 15 heavy (non-hydrogen) atoms. The van der Waals surface area contributed by atoms with Gasteiger partial charge in [0.05, 0.1) is 19.3 Å². The Morgan fingerprint density at radius 1 is 1.53 bits per heavy atom. The molecule has 0 saturated heterocycles. The summed E-state index contributed by atoms with van der Waals surface area (Å²) in [6.07, 6.45) is 0.262. The average molecular weight is 208 g/mol. The van der Waals surface area contributed by atoms with Crippen LogP contribution < -0.4 is 10.6 Å². The zero-order valence-electron chi connectivity index (χ0n) is 8.97. The topological polar surface area (TPSA) is 58.7 Å². The van der Waals surface area contributed by atoms with Crippen molar-refractivity contribution in [2.75, 3.05) is 14.2 Å². The minimum Gasteiger partial charge on any atom is -0.497 e. The number of hydrogen-bond acceptors (Lipinski definition) is 4. The van der Waals surface area contributed by atoms with Crippen LogP contribution >= 0.6 is 0 Å². The maximum atomic E-state index is 10.1. The fourth-order valence-corrected chi connectivity index (χ4v) is 2.07. The first-order chi connectivity index (χ1) is 7.13. The standard InChI is InChI=1S/C11H16N2O2/c1-13(12)10-5-7-3-4-8(15-2)6-9(7)11(10)14/h3-4,6,10-11,14H,5,12H2,1-2H3. The number of nitrogens with zero attached hydrogens (tertiary/aromatic N) is 1. The first-order valence-corrected chi connectivity index (χ1v) is 4.96. The van der Waals surface area contributed by atoms with E-state index >= 15 is 0 Å². The van der Waals surface area contributed by atoms with Crippen LogP contribution in [0.2, 0.25) is 0 Å². The molecule has 0 saturated carbocycles. The van der Waals surface area contributed by atoms with Crippen LogP contribution in [0, 0.1) is 0 Å². The number of hydrogen-bond donors (Lipinski definition) is 2. The molecule has 0 heterocycles. The fraction of sp³-hybridized carbons (Fsp3) is 0.455. The van der Waals surface area contributed by atoms with E-state index in [9.17, 15) is 5.11 Å². The molecule has 1 aliphatic carbocycles. The van der Waals surface area contributed by atoms with E-state index < -0.39 is 6.10 Å². The lowest BCUT2D eigenvalue weighted by Crippen LogP contribution is -2.40. The number of rotatable bonds is 2. The zero-order chi connectivity index (χ0) is 11.0. The van der Waals surface area contributed by atoms with Gasteiger partial charge in [-0.2, -0.15) is 0 Å². The summed E-state index contributed by atoms with van der Waals surface area (Å²) in [5, 5.41) is 11.6. The quantitative estimate of drug-likeness (QED) is 0.547. The predicted octanol–water partition coefficient (Wildman–Crippen LogP) is 0.459. The molecule has 3 N–H and O–H groups in total. The molecule has 1 aliphatic rings. The molecule has 82 valence electrons. The van der Waals surface area contributed by atoms with Gasteiger partial charge in [-0.15, -0.1) is 0 Å². The van der Waals surface area contributed by atoms with Crippen molar-refractivity contribution in [2.24, 2.45) is 5.84 Å². The van der Waals surface area contributed by atoms with Crippen LogP contribution in [0.15, 0.2) is 18.2 Å². The highest BCUT2D eigenvalue weighted by Crippen LogP contribution is 2.35. The molecule has 2 atom stereocenters. The van der Waals surface area contributed by atoms with Crippen LogP contribution in [0.4, 0.5) is 0 Å². The molecule has 0 spiro atoms. The number of aliphatic hydroxyl groups excluding tert-OH is 1. The summed E-state index contributed by atoms with van der Waals surface area (Å²) in [7, 11) is 3.40. The summed E-state index contributed by atoms with van der Waals surface area (Å²) in [4.78, 5) is 0. The maximum absolute atomic E-state index is 10.1. The van der Waals surface area contributed by atoms with Gasteiger partial charge in [0, 0.05) is 7.05 Å². The first-order valence-electron chi connectivity index (χ1n) is 4.96. The lowest BCUT2D eigenvalue weighted by molar-refractivity contribution is 0.0762. The second kappa shape index (κ2) is 3.81. The molecule has 1 aromatic carbocycles. The summed E-state index contributed by atoms with van der Waals surface area (Å²) in [6.45, 7) is 0. The van der Waals surface area contributed by atoms with Gasteiger partial charge in [-0.25, -0.2) is 5.01 Å². The maximum Gasteiger partial charge on any atom is 0.119 e. The van der Waals surface area contributed by atoms with Crippen LogP contribution in [0.5, 0.6) is 5.75 Å². The highest BCUT2D eigenvalue weighted by Gasteiger charge is 2.32. The van der Waals surface area contributed by atoms with E-state index in [-0.39, 0.29) is 6.04 Å². The van der Waals surface area contributed by atoms with Gasteiger partial charge in [0.15, 0.2) is 0 Å². The molecule has 0 fully saturated rings. The van der Waals surface area contributed by atoms with E-state index in [0.717, 1.165) is 23.3 Å². The number of ether oxygens (including phenoxy) is 1. The van der Waals surface area contributed by atoms with E-state index in [4.69, 9.17) is 10.6 Å². The van der Waals surface area contributed by atoms with Gasteiger partial charge in [-0.1, -0.05) is 6.07 Å². The van der Waals surface area contributed by atoms with Crippen LogP contribution in [0.25, 0.3) is 0 Å². The van der Waals surface area contributed by atoms with E-state index in [2.05, 4.69) is 0 Å². The normalized spacial score (nSPS) is 24.3. The molecule has 0 bridgehead atoms. The van der Waals surface area contributed by atoms with Gasteiger partial charge in [0.2, 0.25) is 0 Å². The molecular weight excluding hydrogens is 192 g/mol. The molecule has 1 aromatic rings. The number of hydrazine groups is 1. The van der Waals surface area contributed by atoms with E-state index in [1.807, 2.05) is 18.2 Å². The Kier molecular flexibility index (Phi) is 2.65. The summed E-state index contributed by atoms with van der Waals surface area (Å²) in [6, 6.07) is 5.74. The predicted molar refractivity (Wildman–Crippen MR) is 57.4 cm³/mol. The van der Waals surface area contributed by atoms with E-state index in [0.29, 0.717) is 0 Å². The van der Waals surface area contributed by atoms with Crippen molar-refractivity contribution < 1.29 is 9.84 Å². The van der Waals surface area contributed by atoms with Gasteiger partial charge >= 0.3 is 0 Å². The van der Waals surface area contributed by atoms with Crippen molar-refractivity contribution in [3.05, 3.63) is 29.3 Å². The smallest absolute Gasteiger partial charge is 0.119 e. The number of likely N-dealkylation sites (N-methyl/N-ethyl adjacent to an activating group) is 1. The summed E-state index contributed by atoms with van der Waals surface area (Å²) >= 11 is 0.